The lowest BCUT2D eigenvalue weighted by Gasteiger charge is -2.44. The standard InChI is InChI=1S/C16H26N4S/c1-3-17-14-11-15(19-16(18-14)21-2)20-10-6-8-12-7-4-5-9-13(12)20/h11-13H,3-10H2,1-2H3,(H,17,18,19). The van der Waals surface area contributed by atoms with Gasteiger partial charge in [0, 0.05) is 25.2 Å². The van der Waals surface area contributed by atoms with E-state index in [2.05, 4.69) is 34.4 Å². The number of hydrogen-bond acceptors (Lipinski definition) is 5. The van der Waals surface area contributed by atoms with E-state index in [1.54, 1.807) is 11.8 Å². The first-order chi connectivity index (χ1) is 10.3. The number of aromatic nitrogens is 2. The summed E-state index contributed by atoms with van der Waals surface area (Å²) in [6.07, 6.45) is 10.3. The van der Waals surface area contributed by atoms with E-state index in [9.17, 15) is 0 Å². The Morgan fingerprint density at radius 2 is 2.05 bits per heavy atom. The number of nitrogens with zero attached hydrogens (tertiary/aromatic N) is 3. The summed E-state index contributed by atoms with van der Waals surface area (Å²) in [5.41, 5.74) is 0. The highest BCUT2D eigenvalue weighted by Gasteiger charge is 2.34. The van der Waals surface area contributed by atoms with Crippen LogP contribution in [0.4, 0.5) is 11.6 Å². The summed E-state index contributed by atoms with van der Waals surface area (Å²) >= 11 is 1.63. The fourth-order valence-corrected chi connectivity index (χ4v) is 4.21. The largest absolute Gasteiger partial charge is 0.370 e. The summed E-state index contributed by atoms with van der Waals surface area (Å²) in [6.45, 7) is 4.16. The van der Waals surface area contributed by atoms with Crippen LogP contribution in [-0.4, -0.2) is 35.4 Å². The summed E-state index contributed by atoms with van der Waals surface area (Å²) in [7, 11) is 0. The van der Waals surface area contributed by atoms with Gasteiger partial charge in [-0.25, -0.2) is 9.97 Å². The Balaban J connectivity index is 1.88. The van der Waals surface area contributed by atoms with Gasteiger partial charge in [-0.3, -0.25) is 0 Å². The van der Waals surface area contributed by atoms with E-state index in [1.165, 1.54) is 38.5 Å². The lowest BCUT2D eigenvalue weighted by molar-refractivity contribution is 0.242. The van der Waals surface area contributed by atoms with Gasteiger partial charge in [0.1, 0.15) is 11.6 Å². The summed E-state index contributed by atoms with van der Waals surface area (Å²) in [4.78, 5) is 11.9. The van der Waals surface area contributed by atoms with Crippen LogP contribution in [0.5, 0.6) is 0 Å². The predicted octanol–water partition coefficient (Wildman–Crippen LogP) is 3.79. The van der Waals surface area contributed by atoms with E-state index < -0.39 is 0 Å². The van der Waals surface area contributed by atoms with Crippen LogP contribution >= 0.6 is 11.8 Å². The Kier molecular flexibility index (Phi) is 4.88. The molecule has 1 aromatic heterocycles. The van der Waals surface area contributed by atoms with Crippen molar-refractivity contribution in [1.29, 1.82) is 0 Å². The van der Waals surface area contributed by atoms with Gasteiger partial charge in [0.2, 0.25) is 0 Å². The monoisotopic (exact) mass is 306 g/mol. The highest BCUT2D eigenvalue weighted by Crippen LogP contribution is 2.37. The van der Waals surface area contributed by atoms with Crippen molar-refractivity contribution in [2.24, 2.45) is 5.92 Å². The van der Waals surface area contributed by atoms with E-state index >= 15 is 0 Å². The quantitative estimate of drug-likeness (QED) is 0.677. The molecule has 3 rings (SSSR count). The molecule has 1 saturated heterocycles. The Morgan fingerprint density at radius 3 is 2.86 bits per heavy atom. The number of thioether (sulfide) groups is 1. The number of rotatable bonds is 4. The lowest BCUT2D eigenvalue weighted by Crippen LogP contribution is -2.47. The molecule has 0 bridgehead atoms. The molecule has 2 atom stereocenters. The normalized spacial score (nSPS) is 25.5. The molecule has 2 aliphatic rings. The van der Waals surface area contributed by atoms with Crippen LogP contribution in [0.25, 0.3) is 0 Å². The smallest absolute Gasteiger partial charge is 0.191 e. The fraction of sp³-hybridized carbons (Fsp3) is 0.750. The van der Waals surface area contributed by atoms with Crippen LogP contribution in [-0.2, 0) is 0 Å². The Labute approximate surface area is 132 Å². The van der Waals surface area contributed by atoms with Crippen molar-refractivity contribution in [1.82, 2.24) is 9.97 Å². The maximum Gasteiger partial charge on any atom is 0.191 e. The van der Waals surface area contributed by atoms with Gasteiger partial charge in [-0.05, 0) is 44.8 Å². The number of fused-ring (bicyclic) bond motifs is 1. The second-order valence-corrected chi connectivity index (χ2v) is 6.85. The average molecular weight is 306 g/mol. The maximum atomic E-state index is 4.79. The van der Waals surface area contributed by atoms with Gasteiger partial charge in [-0.1, -0.05) is 24.6 Å². The highest BCUT2D eigenvalue weighted by atomic mass is 32.2. The molecule has 1 saturated carbocycles. The topological polar surface area (TPSA) is 41.0 Å². The third-order valence-corrected chi connectivity index (χ3v) is 5.32. The van der Waals surface area contributed by atoms with Gasteiger partial charge in [0.05, 0.1) is 0 Å². The number of hydrogen-bond donors (Lipinski definition) is 1. The van der Waals surface area contributed by atoms with Crippen LogP contribution in [0, 0.1) is 5.92 Å². The third kappa shape index (κ3) is 3.28. The molecule has 5 heteroatoms. The molecule has 1 aliphatic heterocycles. The summed E-state index contributed by atoms with van der Waals surface area (Å²) < 4.78 is 0. The molecule has 0 radical (unpaired) electrons. The first-order valence-electron chi connectivity index (χ1n) is 8.25. The molecule has 1 N–H and O–H groups in total. The van der Waals surface area contributed by atoms with Crippen molar-refractivity contribution in [2.75, 3.05) is 29.6 Å². The molecule has 21 heavy (non-hydrogen) atoms. The van der Waals surface area contributed by atoms with E-state index in [-0.39, 0.29) is 0 Å². The molecule has 116 valence electrons. The second kappa shape index (κ2) is 6.86. The number of piperidine rings is 1. The average Bonchev–Trinajstić information content (AvgIpc) is 2.54. The van der Waals surface area contributed by atoms with Crippen LogP contribution in [0.2, 0.25) is 0 Å². The molecule has 2 heterocycles. The van der Waals surface area contributed by atoms with Crippen molar-refractivity contribution in [2.45, 2.75) is 56.6 Å². The molecular formula is C16H26N4S. The zero-order valence-corrected chi connectivity index (χ0v) is 14.0. The van der Waals surface area contributed by atoms with Crippen molar-refractivity contribution in [3.8, 4) is 0 Å². The SMILES string of the molecule is CCNc1cc(N2CCCC3CCCCC32)nc(SC)n1. The molecule has 2 fully saturated rings. The zero-order chi connectivity index (χ0) is 14.7. The third-order valence-electron chi connectivity index (χ3n) is 4.77. The molecule has 0 aromatic carbocycles. The van der Waals surface area contributed by atoms with Gasteiger partial charge in [0.25, 0.3) is 0 Å². The minimum Gasteiger partial charge on any atom is -0.370 e. The van der Waals surface area contributed by atoms with E-state index in [0.29, 0.717) is 6.04 Å². The van der Waals surface area contributed by atoms with Gasteiger partial charge >= 0.3 is 0 Å². The first-order valence-corrected chi connectivity index (χ1v) is 9.48. The van der Waals surface area contributed by atoms with Gasteiger partial charge in [-0.2, -0.15) is 0 Å². The molecule has 1 aromatic rings. The van der Waals surface area contributed by atoms with Crippen molar-refractivity contribution >= 4 is 23.4 Å². The van der Waals surface area contributed by atoms with Gasteiger partial charge in [0.15, 0.2) is 5.16 Å². The molecule has 0 spiro atoms. The maximum absolute atomic E-state index is 4.79. The Bertz CT molecular complexity index is 477. The fourth-order valence-electron chi connectivity index (χ4n) is 3.83. The summed E-state index contributed by atoms with van der Waals surface area (Å²) in [5.74, 6) is 2.97. The van der Waals surface area contributed by atoms with Crippen LogP contribution in [0.3, 0.4) is 0 Å². The molecular weight excluding hydrogens is 280 g/mol. The summed E-state index contributed by atoms with van der Waals surface area (Å²) in [5, 5.41) is 4.22. The number of nitrogens with one attached hydrogen (secondary N) is 1. The van der Waals surface area contributed by atoms with Crippen LogP contribution in [0.1, 0.15) is 45.4 Å². The van der Waals surface area contributed by atoms with Gasteiger partial charge in [-0.15, -0.1) is 0 Å². The minimum atomic E-state index is 0.701. The molecule has 2 unspecified atom stereocenters. The minimum absolute atomic E-state index is 0.701. The van der Waals surface area contributed by atoms with Crippen molar-refractivity contribution in [3.63, 3.8) is 0 Å². The second-order valence-electron chi connectivity index (χ2n) is 6.08. The highest BCUT2D eigenvalue weighted by molar-refractivity contribution is 7.98. The number of anilines is 2. The van der Waals surface area contributed by atoms with E-state index in [0.717, 1.165) is 35.8 Å². The van der Waals surface area contributed by atoms with Crippen molar-refractivity contribution in [3.05, 3.63) is 6.07 Å². The lowest BCUT2D eigenvalue weighted by atomic mass is 9.78. The van der Waals surface area contributed by atoms with E-state index in [1.807, 2.05) is 0 Å². The predicted molar refractivity (Wildman–Crippen MR) is 90.3 cm³/mol. The van der Waals surface area contributed by atoms with Crippen molar-refractivity contribution < 1.29 is 0 Å². The zero-order valence-electron chi connectivity index (χ0n) is 13.1. The first kappa shape index (κ1) is 14.9. The molecule has 0 amide bonds. The van der Waals surface area contributed by atoms with Crippen LogP contribution < -0.4 is 10.2 Å². The van der Waals surface area contributed by atoms with E-state index in [4.69, 9.17) is 4.98 Å². The Hall–Kier alpha value is -0.970. The molecule has 1 aliphatic carbocycles. The van der Waals surface area contributed by atoms with Gasteiger partial charge < -0.3 is 10.2 Å². The molecule has 4 nitrogen and oxygen atoms in total. The van der Waals surface area contributed by atoms with Crippen LogP contribution in [0.15, 0.2) is 11.2 Å². The summed E-state index contributed by atoms with van der Waals surface area (Å²) in [6, 6.07) is 2.84. The Morgan fingerprint density at radius 1 is 1.24 bits per heavy atom.